The second-order valence-electron chi connectivity index (χ2n) is 8.94. The minimum Gasteiger partial charge on any atom is -0.618 e. The molecule has 5 aromatic heterocycles. The Morgan fingerprint density at radius 2 is 1.93 bits per heavy atom. The van der Waals surface area contributed by atoms with Gasteiger partial charge in [-0.15, -0.1) is 15.3 Å². The van der Waals surface area contributed by atoms with Crippen LogP contribution in [-0.2, 0) is 19.6 Å². The second kappa shape index (κ2) is 10.3. The molecule has 18 heteroatoms. The smallest absolute Gasteiger partial charge is 0.436 e. The monoisotopic (exact) mass is 601 g/mol. The van der Waals surface area contributed by atoms with E-state index < -0.39 is 23.7 Å². The molecule has 42 heavy (non-hydrogen) atoms. The Bertz CT molecular complexity index is 1880. The Labute approximate surface area is 237 Å². The van der Waals surface area contributed by atoms with E-state index in [1.54, 1.807) is 24.1 Å². The van der Waals surface area contributed by atoms with Gasteiger partial charge in [0.1, 0.15) is 12.4 Å². The molecule has 0 fully saturated rings. The molecule has 1 aromatic carbocycles. The molecule has 1 unspecified atom stereocenters. The average Bonchev–Trinajstić information content (AvgIpc) is 3.76. The van der Waals surface area contributed by atoms with Gasteiger partial charge in [0.25, 0.3) is 0 Å². The highest BCUT2D eigenvalue weighted by Crippen LogP contribution is 2.35. The summed E-state index contributed by atoms with van der Waals surface area (Å²) >= 11 is 6.01. The fraction of sp³-hybridized carbons (Fsp3) is 0.167. The molecule has 0 aliphatic carbocycles. The van der Waals surface area contributed by atoms with Crippen LogP contribution in [0.1, 0.15) is 23.3 Å². The number of halogens is 5. The number of hydrogen-bond acceptors (Lipinski definition) is 9. The molecule has 0 amide bonds. The summed E-state index contributed by atoms with van der Waals surface area (Å²) in [5, 5.41) is 35.8. The molecule has 1 atom stereocenters. The summed E-state index contributed by atoms with van der Waals surface area (Å²) in [5.41, 5.74) is -0.846. The highest BCUT2D eigenvalue weighted by Gasteiger charge is 2.35. The Morgan fingerprint density at radius 1 is 1.10 bits per heavy atom. The predicted octanol–water partition coefficient (Wildman–Crippen LogP) is 3.59. The van der Waals surface area contributed by atoms with E-state index in [2.05, 4.69) is 35.7 Å². The Balaban J connectivity index is 1.43. The van der Waals surface area contributed by atoms with Crippen LogP contribution in [0.3, 0.4) is 0 Å². The molecule has 5 heterocycles. The van der Waals surface area contributed by atoms with Crippen LogP contribution < -0.4 is 4.73 Å². The molecule has 0 saturated carbocycles. The topological polar surface area (TPSA) is 145 Å². The first-order valence-corrected chi connectivity index (χ1v) is 12.3. The lowest BCUT2D eigenvalue weighted by atomic mass is 10.0. The van der Waals surface area contributed by atoms with Crippen molar-refractivity contribution in [2.45, 2.75) is 18.6 Å². The van der Waals surface area contributed by atoms with Gasteiger partial charge in [-0.2, -0.15) is 28.1 Å². The Hall–Kier alpha value is -5.19. The summed E-state index contributed by atoms with van der Waals surface area (Å²) in [6.45, 7) is 0. The van der Waals surface area contributed by atoms with Gasteiger partial charge in [0.05, 0.1) is 46.2 Å². The van der Waals surface area contributed by atoms with E-state index in [0.29, 0.717) is 22.3 Å². The molecule has 0 bridgehead atoms. The third-order valence-corrected chi connectivity index (χ3v) is 6.63. The molecule has 0 N–H and O–H groups in total. The molecule has 0 radical (unpaired) electrons. The molecular weight excluding hydrogens is 586 g/mol. The van der Waals surface area contributed by atoms with Crippen LogP contribution in [-0.4, -0.2) is 49.7 Å². The molecule has 214 valence electrons. The minimum atomic E-state index is -4.77. The van der Waals surface area contributed by atoms with Crippen LogP contribution in [0.2, 0.25) is 5.02 Å². The lowest BCUT2D eigenvalue weighted by Gasteiger charge is -2.17. The fourth-order valence-corrected chi connectivity index (χ4v) is 4.54. The maximum absolute atomic E-state index is 15.4. The van der Waals surface area contributed by atoms with Crippen molar-refractivity contribution in [3.8, 4) is 28.2 Å². The summed E-state index contributed by atoms with van der Waals surface area (Å²) in [6, 6.07) is 4.52. The molecule has 0 spiro atoms. The van der Waals surface area contributed by atoms with Gasteiger partial charge in [0.15, 0.2) is 23.5 Å². The van der Waals surface area contributed by atoms with Crippen molar-refractivity contribution in [3.63, 3.8) is 0 Å². The van der Waals surface area contributed by atoms with E-state index >= 15 is 4.39 Å². The maximum Gasteiger partial charge on any atom is 0.436 e. The van der Waals surface area contributed by atoms with Gasteiger partial charge in [-0.25, -0.2) is 18.7 Å². The van der Waals surface area contributed by atoms with Crippen LogP contribution in [0, 0.1) is 11.0 Å². The van der Waals surface area contributed by atoms with Crippen molar-refractivity contribution in [3.05, 3.63) is 95.1 Å². The summed E-state index contributed by atoms with van der Waals surface area (Å²) in [6.07, 6.45) is 2.73. The van der Waals surface area contributed by atoms with Gasteiger partial charge in [0.2, 0.25) is 18.0 Å². The van der Waals surface area contributed by atoms with E-state index in [-0.39, 0.29) is 39.8 Å². The molecule has 0 aliphatic heterocycles. The van der Waals surface area contributed by atoms with E-state index in [0.717, 1.165) is 23.3 Å². The summed E-state index contributed by atoms with van der Waals surface area (Å²) in [4.78, 5) is 4.20. The zero-order valence-corrected chi connectivity index (χ0v) is 21.9. The van der Waals surface area contributed by atoms with Gasteiger partial charge in [0, 0.05) is 19.3 Å². The number of nitrogens with zero attached hydrogens (tertiary/aromatic N) is 11. The van der Waals surface area contributed by atoms with Gasteiger partial charge in [-0.3, -0.25) is 4.68 Å². The van der Waals surface area contributed by atoms with Crippen molar-refractivity contribution in [2.75, 3.05) is 0 Å². The van der Waals surface area contributed by atoms with Crippen LogP contribution in [0.15, 0.2) is 66.2 Å². The molecule has 6 aromatic rings. The first-order chi connectivity index (χ1) is 20.1. The number of rotatable bonds is 7. The van der Waals surface area contributed by atoms with Crippen LogP contribution >= 0.6 is 11.6 Å². The SMILES string of the molecule is Cn1ncnc1-c1cnn(C(Cc2nnco2)c2ccc(-c3c(-n4cc(C(F)(F)F)nn4)ccc(Cl)c3F)c[n+]2[O-])c1. The molecule has 6 rings (SSSR count). The third-order valence-electron chi connectivity index (χ3n) is 6.34. The van der Waals surface area contributed by atoms with Crippen LogP contribution in [0.25, 0.3) is 28.2 Å². The lowest BCUT2D eigenvalue weighted by molar-refractivity contribution is -0.615. The second-order valence-corrected chi connectivity index (χ2v) is 9.35. The zero-order valence-electron chi connectivity index (χ0n) is 21.2. The van der Waals surface area contributed by atoms with E-state index in [1.165, 1.54) is 29.2 Å². The highest BCUT2D eigenvalue weighted by molar-refractivity contribution is 6.31. The number of aromatic nitrogens is 11. The van der Waals surface area contributed by atoms with E-state index in [4.69, 9.17) is 16.0 Å². The first-order valence-electron chi connectivity index (χ1n) is 11.9. The zero-order chi connectivity index (χ0) is 29.6. The van der Waals surface area contributed by atoms with E-state index in [1.807, 2.05) is 0 Å². The van der Waals surface area contributed by atoms with Gasteiger partial charge in [-0.05, 0) is 18.2 Å². The summed E-state index contributed by atoms with van der Waals surface area (Å²) < 4.78 is 64.4. The lowest BCUT2D eigenvalue weighted by Crippen LogP contribution is -2.36. The number of hydrogen-bond donors (Lipinski definition) is 0. The first kappa shape index (κ1) is 27.0. The van der Waals surface area contributed by atoms with Crippen LogP contribution in [0.5, 0.6) is 0 Å². The average molecular weight is 602 g/mol. The maximum atomic E-state index is 15.4. The predicted molar refractivity (Wildman–Crippen MR) is 134 cm³/mol. The summed E-state index contributed by atoms with van der Waals surface area (Å²) in [7, 11) is 1.71. The highest BCUT2D eigenvalue weighted by atomic mass is 35.5. The largest absolute Gasteiger partial charge is 0.618 e. The normalized spacial score (nSPS) is 12.6. The van der Waals surface area contributed by atoms with Crippen molar-refractivity contribution in [1.82, 2.24) is 49.7 Å². The fourth-order valence-electron chi connectivity index (χ4n) is 4.38. The van der Waals surface area contributed by atoms with Crippen molar-refractivity contribution in [2.24, 2.45) is 7.05 Å². The summed E-state index contributed by atoms with van der Waals surface area (Å²) in [5.74, 6) is -0.211. The molecule has 13 nitrogen and oxygen atoms in total. The van der Waals surface area contributed by atoms with Crippen LogP contribution in [0.4, 0.5) is 17.6 Å². The van der Waals surface area contributed by atoms with Gasteiger partial charge in [-0.1, -0.05) is 16.8 Å². The quantitative estimate of drug-likeness (QED) is 0.152. The van der Waals surface area contributed by atoms with Crippen molar-refractivity contribution in [1.29, 1.82) is 0 Å². The van der Waals surface area contributed by atoms with E-state index in [9.17, 15) is 18.4 Å². The Morgan fingerprint density at radius 3 is 2.60 bits per heavy atom. The number of benzene rings is 1. The van der Waals surface area contributed by atoms with Gasteiger partial charge < -0.3 is 9.62 Å². The van der Waals surface area contributed by atoms with Gasteiger partial charge >= 0.3 is 6.18 Å². The van der Waals surface area contributed by atoms with Crippen molar-refractivity contribution < 1.29 is 26.7 Å². The van der Waals surface area contributed by atoms with Crippen molar-refractivity contribution >= 4 is 11.6 Å². The standard InChI is InChI=1S/C24H16ClF4N11O2/c1-37-23(30-11-33-37)14-7-32-38(8-14)18(6-20-35-31-12-42-20)16-4-2-13(9-40(16)41)21-17(5-3-15(25)22(21)26)39-10-19(34-36-39)24(27,28)29/h2-5,7-12,18H,6H2,1H3. The number of alkyl halides is 3. The molecule has 0 saturated heterocycles. The Kier molecular flexibility index (Phi) is 6.64. The number of aryl methyl sites for hydroxylation is 1. The number of pyridine rings is 1. The third kappa shape index (κ3) is 4.93. The molecule has 0 aliphatic rings. The molecular formula is C24H16ClF4N11O2. The minimum absolute atomic E-state index is 0.0181.